The van der Waals surface area contributed by atoms with Crippen molar-refractivity contribution in [3.63, 3.8) is 0 Å². The molecule has 1 N–H and O–H groups in total. The van der Waals surface area contributed by atoms with Crippen LogP contribution in [0.1, 0.15) is 36.0 Å². The van der Waals surface area contributed by atoms with E-state index < -0.39 is 6.04 Å². The maximum Gasteiger partial charge on any atom is 0.256 e. The zero-order chi connectivity index (χ0) is 21.5. The number of hydrogen-bond acceptors (Lipinski definition) is 3. The van der Waals surface area contributed by atoms with Gasteiger partial charge >= 0.3 is 0 Å². The molecular formula is C24H24ClN3O3. The SMILES string of the molecule is O=C1Nc2ccc(-c3ccc(Cl)cc3)cc2C(=O)N2CCN(C(=O)C3CCCC3)CC12. The van der Waals surface area contributed by atoms with Crippen LogP contribution in [0.5, 0.6) is 0 Å². The van der Waals surface area contributed by atoms with Crippen molar-refractivity contribution in [1.82, 2.24) is 9.80 Å². The highest BCUT2D eigenvalue weighted by Crippen LogP contribution is 2.32. The van der Waals surface area contributed by atoms with Gasteiger partial charge in [0.15, 0.2) is 0 Å². The van der Waals surface area contributed by atoms with Gasteiger partial charge in [0.05, 0.1) is 17.8 Å². The molecule has 2 aromatic rings. The number of anilines is 1. The van der Waals surface area contributed by atoms with E-state index in [0.29, 0.717) is 29.4 Å². The quantitative estimate of drug-likeness (QED) is 0.776. The van der Waals surface area contributed by atoms with Crippen molar-refractivity contribution in [2.75, 3.05) is 25.0 Å². The highest BCUT2D eigenvalue weighted by Gasteiger charge is 2.41. The third-order valence-corrected chi connectivity index (χ3v) is 6.90. The maximum atomic E-state index is 13.4. The Kier molecular flexibility index (Phi) is 5.18. The largest absolute Gasteiger partial charge is 0.338 e. The molecule has 2 fully saturated rings. The molecule has 2 aromatic carbocycles. The molecule has 3 amide bonds. The van der Waals surface area contributed by atoms with Crippen LogP contribution in [-0.2, 0) is 9.59 Å². The van der Waals surface area contributed by atoms with Gasteiger partial charge in [0.25, 0.3) is 5.91 Å². The summed E-state index contributed by atoms with van der Waals surface area (Å²) in [7, 11) is 0. The molecule has 5 rings (SSSR count). The van der Waals surface area contributed by atoms with Crippen molar-refractivity contribution in [2.45, 2.75) is 31.7 Å². The third kappa shape index (κ3) is 3.69. The molecule has 31 heavy (non-hydrogen) atoms. The summed E-state index contributed by atoms with van der Waals surface area (Å²) in [6.07, 6.45) is 4.02. The molecule has 1 saturated carbocycles. The van der Waals surface area contributed by atoms with Crippen LogP contribution in [0.4, 0.5) is 5.69 Å². The molecule has 7 heteroatoms. The first-order valence-electron chi connectivity index (χ1n) is 10.8. The number of hydrogen-bond donors (Lipinski definition) is 1. The zero-order valence-corrected chi connectivity index (χ0v) is 17.9. The number of fused-ring (bicyclic) bond motifs is 2. The Hall–Kier alpha value is -2.86. The molecule has 0 spiro atoms. The number of nitrogens with zero attached hydrogens (tertiary/aromatic N) is 2. The Bertz CT molecular complexity index is 1050. The van der Waals surface area contributed by atoms with Crippen LogP contribution < -0.4 is 5.32 Å². The van der Waals surface area contributed by atoms with Crippen molar-refractivity contribution in [3.8, 4) is 11.1 Å². The van der Waals surface area contributed by atoms with Crippen molar-refractivity contribution >= 4 is 35.0 Å². The van der Waals surface area contributed by atoms with Gasteiger partial charge < -0.3 is 15.1 Å². The molecule has 0 aromatic heterocycles. The highest BCUT2D eigenvalue weighted by molar-refractivity contribution is 6.30. The lowest BCUT2D eigenvalue weighted by atomic mass is 10.0. The van der Waals surface area contributed by atoms with E-state index in [1.807, 2.05) is 36.4 Å². The summed E-state index contributed by atoms with van der Waals surface area (Å²) in [6.45, 7) is 1.09. The lowest BCUT2D eigenvalue weighted by molar-refractivity contribution is -0.139. The number of rotatable bonds is 2. The molecule has 1 aliphatic carbocycles. The van der Waals surface area contributed by atoms with Gasteiger partial charge in [-0.25, -0.2) is 0 Å². The second-order valence-corrected chi connectivity index (χ2v) is 8.97. The number of benzene rings is 2. The van der Waals surface area contributed by atoms with E-state index in [4.69, 9.17) is 11.6 Å². The first-order chi connectivity index (χ1) is 15.0. The normalized spacial score (nSPS) is 21.4. The molecule has 1 atom stereocenters. The second kappa shape index (κ2) is 8.00. The van der Waals surface area contributed by atoms with Gasteiger partial charge in [-0.15, -0.1) is 0 Å². The summed E-state index contributed by atoms with van der Waals surface area (Å²) >= 11 is 5.99. The van der Waals surface area contributed by atoms with Crippen molar-refractivity contribution in [1.29, 1.82) is 0 Å². The van der Waals surface area contributed by atoms with E-state index in [2.05, 4.69) is 5.32 Å². The van der Waals surface area contributed by atoms with Gasteiger partial charge in [-0.05, 0) is 48.2 Å². The minimum absolute atomic E-state index is 0.0650. The fourth-order valence-corrected chi connectivity index (χ4v) is 5.03. The Morgan fingerprint density at radius 3 is 2.42 bits per heavy atom. The molecule has 3 aliphatic rings. The first-order valence-corrected chi connectivity index (χ1v) is 11.2. The Balaban J connectivity index is 1.41. The van der Waals surface area contributed by atoms with Gasteiger partial charge in [-0.3, -0.25) is 14.4 Å². The van der Waals surface area contributed by atoms with Gasteiger partial charge in [-0.1, -0.05) is 42.6 Å². The lowest BCUT2D eigenvalue weighted by Gasteiger charge is -2.40. The summed E-state index contributed by atoms with van der Waals surface area (Å²) in [6, 6.07) is 12.2. The van der Waals surface area contributed by atoms with Crippen molar-refractivity contribution in [2.24, 2.45) is 5.92 Å². The highest BCUT2D eigenvalue weighted by atomic mass is 35.5. The van der Waals surface area contributed by atoms with Crippen LogP contribution in [0.2, 0.25) is 5.02 Å². The smallest absolute Gasteiger partial charge is 0.256 e. The summed E-state index contributed by atoms with van der Waals surface area (Å²) in [5.74, 6) is -0.225. The number of carbonyl (C=O) groups is 3. The average Bonchev–Trinajstić information content (AvgIpc) is 3.30. The van der Waals surface area contributed by atoms with Crippen LogP contribution >= 0.6 is 11.6 Å². The third-order valence-electron chi connectivity index (χ3n) is 6.65. The molecule has 2 heterocycles. The Morgan fingerprint density at radius 1 is 0.968 bits per heavy atom. The molecule has 1 unspecified atom stereocenters. The molecule has 2 aliphatic heterocycles. The second-order valence-electron chi connectivity index (χ2n) is 8.54. The fraction of sp³-hybridized carbons (Fsp3) is 0.375. The summed E-state index contributed by atoms with van der Waals surface area (Å²) < 4.78 is 0. The summed E-state index contributed by atoms with van der Waals surface area (Å²) in [5.41, 5.74) is 2.81. The van der Waals surface area contributed by atoms with E-state index in [1.165, 1.54) is 0 Å². The van der Waals surface area contributed by atoms with E-state index in [-0.39, 0.29) is 30.2 Å². The van der Waals surface area contributed by atoms with Crippen LogP contribution in [0.25, 0.3) is 11.1 Å². The molecular weight excluding hydrogens is 414 g/mol. The number of amides is 3. The Morgan fingerprint density at radius 2 is 1.68 bits per heavy atom. The summed E-state index contributed by atoms with van der Waals surface area (Å²) in [5, 5.41) is 3.56. The number of nitrogens with one attached hydrogen (secondary N) is 1. The summed E-state index contributed by atoms with van der Waals surface area (Å²) in [4.78, 5) is 42.6. The van der Waals surface area contributed by atoms with Gasteiger partial charge in [0.2, 0.25) is 11.8 Å². The molecule has 1 saturated heterocycles. The van der Waals surface area contributed by atoms with Crippen molar-refractivity contribution < 1.29 is 14.4 Å². The number of halogens is 1. The predicted octanol–water partition coefficient (Wildman–Crippen LogP) is 3.80. The van der Waals surface area contributed by atoms with Crippen LogP contribution in [0, 0.1) is 5.92 Å². The van der Waals surface area contributed by atoms with Gasteiger partial charge in [0.1, 0.15) is 6.04 Å². The van der Waals surface area contributed by atoms with E-state index in [1.54, 1.807) is 15.9 Å². The van der Waals surface area contributed by atoms with Crippen LogP contribution in [-0.4, -0.2) is 53.2 Å². The fourth-order valence-electron chi connectivity index (χ4n) is 4.90. The monoisotopic (exact) mass is 437 g/mol. The van der Waals surface area contributed by atoms with Crippen molar-refractivity contribution in [3.05, 3.63) is 53.1 Å². The standard InChI is InChI=1S/C24H24ClN3O3/c25-18-8-5-15(6-9-18)17-7-10-20-19(13-17)24(31)28-12-11-27(14-21(28)22(29)26-20)23(30)16-3-1-2-4-16/h5-10,13,16,21H,1-4,11-12,14H2,(H,26,29). The number of carbonyl (C=O) groups excluding carboxylic acids is 3. The molecule has 160 valence electrons. The zero-order valence-electron chi connectivity index (χ0n) is 17.1. The predicted molar refractivity (Wildman–Crippen MR) is 119 cm³/mol. The van der Waals surface area contributed by atoms with Gasteiger partial charge in [-0.2, -0.15) is 0 Å². The maximum absolute atomic E-state index is 13.4. The van der Waals surface area contributed by atoms with Crippen LogP contribution in [0.15, 0.2) is 42.5 Å². The van der Waals surface area contributed by atoms with Crippen LogP contribution in [0.3, 0.4) is 0 Å². The first kappa shape index (κ1) is 20.1. The lowest BCUT2D eigenvalue weighted by Crippen LogP contribution is -2.60. The van der Waals surface area contributed by atoms with E-state index in [9.17, 15) is 14.4 Å². The molecule has 0 radical (unpaired) electrons. The van der Waals surface area contributed by atoms with Gasteiger partial charge in [0, 0.05) is 24.0 Å². The molecule has 0 bridgehead atoms. The average molecular weight is 438 g/mol. The minimum atomic E-state index is -0.669. The van der Waals surface area contributed by atoms with E-state index >= 15 is 0 Å². The number of piperazine rings is 1. The minimum Gasteiger partial charge on any atom is -0.338 e. The van der Waals surface area contributed by atoms with E-state index in [0.717, 1.165) is 36.8 Å². The topological polar surface area (TPSA) is 69.7 Å². The Labute approximate surface area is 186 Å². The molecule has 6 nitrogen and oxygen atoms in total.